The van der Waals surface area contributed by atoms with E-state index in [2.05, 4.69) is 20.7 Å². The first-order valence-corrected chi connectivity index (χ1v) is 6.05. The van der Waals surface area contributed by atoms with E-state index >= 15 is 0 Å². The third kappa shape index (κ3) is 4.18. The van der Waals surface area contributed by atoms with Crippen LogP contribution in [0.3, 0.4) is 0 Å². The molecule has 0 saturated carbocycles. The third-order valence-corrected chi connectivity index (χ3v) is 2.52. The van der Waals surface area contributed by atoms with Crippen molar-refractivity contribution in [1.82, 2.24) is 20.1 Å². The third-order valence-electron chi connectivity index (χ3n) is 2.52. The van der Waals surface area contributed by atoms with Gasteiger partial charge in [-0.05, 0) is 24.6 Å². The van der Waals surface area contributed by atoms with Crippen molar-refractivity contribution in [2.75, 3.05) is 11.9 Å². The molecular formula is C13H17N5O. The highest BCUT2D eigenvalue weighted by molar-refractivity contribution is 5.92. The molecule has 0 fully saturated rings. The van der Waals surface area contributed by atoms with Gasteiger partial charge in [0.15, 0.2) is 5.82 Å². The molecule has 0 atom stereocenters. The Balaban J connectivity index is 1.76. The van der Waals surface area contributed by atoms with Crippen molar-refractivity contribution in [3.05, 3.63) is 42.0 Å². The first kappa shape index (κ1) is 13.2. The summed E-state index contributed by atoms with van der Waals surface area (Å²) in [6, 6.07) is 7.69. The van der Waals surface area contributed by atoms with Gasteiger partial charge in [0.25, 0.3) is 0 Å². The molecule has 0 aliphatic rings. The van der Waals surface area contributed by atoms with Crippen LogP contribution in [0.2, 0.25) is 0 Å². The number of nitrogens with one attached hydrogen (secondary N) is 2. The minimum atomic E-state index is -0.0819. The van der Waals surface area contributed by atoms with Gasteiger partial charge in [-0.25, -0.2) is 4.98 Å². The zero-order chi connectivity index (χ0) is 13.7. The van der Waals surface area contributed by atoms with Crippen LogP contribution in [0.4, 0.5) is 5.69 Å². The van der Waals surface area contributed by atoms with Gasteiger partial charge < -0.3 is 10.6 Å². The van der Waals surface area contributed by atoms with E-state index in [4.69, 9.17) is 0 Å². The summed E-state index contributed by atoms with van der Waals surface area (Å²) in [6.07, 6.45) is 1.63. The van der Waals surface area contributed by atoms with Crippen LogP contribution < -0.4 is 10.6 Å². The molecule has 2 N–H and O–H groups in total. The molecule has 100 valence electrons. The fourth-order valence-electron chi connectivity index (χ4n) is 1.68. The molecule has 0 radical (unpaired) electrons. The fourth-order valence-corrected chi connectivity index (χ4v) is 1.68. The lowest BCUT2D eigenvalue weighted by molar-refractivity contribution is -0.115. The number of nitrogens with zero attached hydrogens (tertiary/aromatic N) is 3. The van der Waals surface area contributed by atoms with Crippen molar-refractivity contribution in [2.24, 2.45) is 7.05 Å². The summed E-state index contributed by atoms with van der Waals surface area (Å²) in [7, 11) is 1.81. The van der Waals surface area contributed by atoms with Crippen molar-refractivity contribution >= 4 is 11.6 Å². The number of carbonyl (C=O) groups excluding carboxylic acids is 1. The molecule has 2 aromatic rings. The molecule has 2 rings (SSSR count). The van der Waals surface area contributed by atoms with Crippen molar-refractivity contribution < 1.29 is 4.79 Å². The Morgan fingerprint density at radius 1 is 1.42 bits per heavy atom. The predicted octanol–water partition coefficient (Wildman–Crippen LogP) is 0.852. The van der Waals surface area contributed by atoms with Gasteiger partial charge in [-0.1, -0.05) is 12.1 Å². The zero-order valence-corrected chi connectivity index (χ0v) is 11.1. The van der Waals surface area contributed by atoms with Gasteiger partial charge in [-0.2, -0.15) is 5.10 Å². The highest BCUT2D eigenvalue weighted by atomic mass is 16.1. The van der Waals surface area contributed by atoms with Crippen molar-refractivity contribution in [1.29, 1.82) is 0 Å². The molecule has 0 unspecified atom stereocenters. The number of carbonyl (C=O) groups is 1. The van der Waals surface area contributed by atoms with Gasteiger partial charge in [-0.15, -0.1) is 0 Å². The zero-order valence-electron chi connectivity index (χ0n) is 11.1. The standard InChI is InChI=1S/C13H17N5O/c1-10-4-3-5-11(6-10)16-13(19)8-14-7-12-15-9-18(2)17-12/h3-6,9,14H,7-8H2,1-2H3,(H,16,19). The van der Waals surface area contributed by atoms with E-state index < -0.39 is 0 Å². The Bertz CT molecular complexity index is 564. The molecule has 6 nitrogen and oxygen atoms in total. The number of hydrogen-bond donors (Lipinski definition) is 2. The van der Waals surface area contributed by atoms with Crippen molar-refractivity contribution in [3.63, 3.8) is 0 Å². The number of hydrogen-bond acceptors (Lipinski definition) is 4. The molecule has 1 heterocycles. The van der Waals surface area contributed by atoms with E-state index in [9.17, 15) is 4.79 Å². The Hall–Kier alpha value is -2.21. The smallest absolute Gasteiger partial charge is 0.238 e. The normalized spacial score (nSPS) is 10.4. The Kier molecular flexibility index (Phi) is 4.25. The number of aryl methyl sites for hydroxylation is 2. The summed E-state index contributed by atoms with van der Waals surface area (Å²) in [5.74, 6) is 0.590. The quantitative estimate of drug-likeness (QED) is 0.835. The van der Waals surface area contributed by atoms with Crippen molar-refractivity contribution in [2.45, 2.75) is 13.5 Å². The van der Waals surface area contributed by atoms with E-state index in [-0.39, 0.29) is 12.5 Å². The van der Waals surface area contributed by atoms with Crippen LogP contribution in [-0.4, -0.2) is 27.2 Å². The van der Waals surface area contributed by atoms with E-state index in [1.165, 1.54) is 0 Å². The van der Waals surface area contributed by atoms with Crippen LogP contribution in [0.25, 0.3) is 0 Å². The lowest BCUT2D eigenvalue weighted by Gasteiger charge is -2.06. The number of aromatic nitrogens is 3. The largest absolute Gasteiger partial charge is 0.325 e. The van der Waals surface area contributed by atoms with Crippen LogP contribution >= 0.6 is 0 Å². The second kappa shape index (κ2) is 6.10. The van der Waals surface area contributed by atoms with Gasteiger partial charge in [-0.3, -0.25) is 9.48 Å². The molecule has 1 aromatic heterocycles. The summed E-state index contributed by atoms with van der Waals surface area (Å²) < 4.78 is 1.63. The predicted molar refractivity (Wildman–Crippen MR) is 72.5 cm³/mol. The summed E-state index contributed by atoms with van der Waals surface area (Å²) in [5.41, 5.74) is 1.92. The second-order valence-corrected chi connectivity index (χ2v) is 4.36. The SMILES string of the molecule is Cc1cccc(NC(=O)CNCc2ncn(C)n2)c1. The average molecular weight is 259 g/mol. The molecule has 0 aliphatic heterocycles. The molecule has 0 saturated heterocycles. The van der Waals surface area contributed by atoms with E-state index in [1.807, 2.05) is 31.2 Å². The minimum Gasteiger partial charge on any atom is -0.325 e. The number of amides is 1. The molecule has 1 amide bonds. The van der Waals surface area contributed by atoms with E-state index in [0.717, 1.165) is 11.3 Å². The molecule has 0 spiro atoms. The summed E-state index contributed by atoms with van der Waals surface area (Å²) in [5, 5.41) is 9.94. The summed E-state index contributed by atoms with van der Waals surface area (Å²) >= 11 is 0. The Morgan fingerprint density at radius 3 is 2.95 bits per heavy atom. The van der Waals surface area contributed by atoms with Crippen LogP contribution in [0.5, 0.6) is 0 Å². The van der Waals surface area contributed by atoms with Gasteiger partial charge in [0.05, 0.1) is 13.1 Å². The van der Waals surface area contributed by atoms with E-state index in [1.54, 1.807) is 18.1 Å². The average Bonchev–Trinajstić information content (AvgIpc) is 2.75. The minimum absolute atomic E-state index is 0.0819. The van der Waals surface area contributed by atoms with Gasteiger partial charge in [0, 0.05) is 12.7 Å². The molecule has 1 aromatic carbocycles. The van der Waals surface area contributed by atoms with Gasteiger partial charge >= 0.3 is 0 Å². The first-order valence-electron chi connectivity index (χ1n) is 6.05. The lowest BCUT2D eigenvalue weighted by Crippen LogP contribution is -2.28. The second-order valence-electron chi connectivity index (χ2n) is 4.36. The van der Waals surface area contributed by atoms with Gasteiger partial charge in [0.2, 0.25) is 5.91 Å². The monoisotopic (exact) mass is 259 g/mol. The maximum absolute atomic E-state index is 11.7. The molecule has 0 aliphatic carbocycles. The van der Waals surface area contributed by atoms with E-state index in [0.29, 0.717) is 12.4 Å². The maximum Gasteiger partial charge on any atom is 0.238 e. The van der Waals surface area contributed by atoms with Crippen LogP contribution in [0, 0.1) is 6.92 Å². The van der Waals surface area contributed by atoms with Crippen LogP contribution in [-0.2, 0) is 18.4 Å². The Morgan fingerprint density at radius 2 is 2.26 bits per heavy atom. The Labute approximate surface area is 111 Å². The molecule has 0 bridgehead atoms. The molecular weight excluding hydrogens is 242 g/mol. The fraction of sp³-hybridized carbons (Fsp3) is 0.308. The number of benzene rings is 1. The van der Waals surface area contributed by atoms with Crippen LogP contribution in [0.1, 0.15) is 11.4 Å². The highest BCUT2D eigenvalue weighted by Gasteiger charge is 2.03. The topological polar surface area (TPSA) is 71.8 Å². The summed E-state index contributed by atoms with van der Waals surface area (Å²) in [6.45, 7) is 2.69. The number of anilines is 1. The number of rotatable bonds is 5. The van der Waals surface area contributed by atoms with Crippen LogP contribution in [0.15, 0.2) is 30.6 Å². The van der Waals surface area contributed by atoms with Gasteiger partial charge in [0.1, 0.15) is 6.33 Å². The highest BCUT2D eigenvalue weighted by Crippen LogP contribution is 2.08. The van der Waals surface area contributed by atoms with Crippen molar-refractivity contribution in [3.8, 4) is 0 Å². The molecule has 6 heteroatoms. The maximum atomic E-state index is 11.7. The summed E-state index contributed by atoms with van der Waals surface area (Å²) in [4.78, 5) is 15.8. The lowest BCUT2D eigenvalue weighted by atomic mass is 10.2. The molecule has 19 heavy (non-hydrogen) atoms. The first-order chi connectivity index (χ1) is 9.13.